The average molecular weight is 521 g/mol. The lowest BCUT2D eigenvalue weighted by atomic mass is 10.1. The molecule has 188 valence electrons. The zero-order chi connectivity index (χ0) is 26.3. The fourth-order valence-corrected chi connectivity index (χ4v) is 4.84. The van der Waals surface area contributed by atoms with Gasteiger partial charge in [0.1, 0.15) is 0 Å². The summed E-state index contributed by atoms with van der Waals surface area (Å²) in [4.78, 5) is 31.3. The van der Waals surface area contributed by atoms with Gasteiger partial charge in [-0.2, -0.15) is 5.10 Å². The first-order chi connectivity index (χ1) is 18.6. The molecule has 2 heterocycles. The number of H-pyrrole nitrogens is 1. The number of aromatic amines is 1. The van der Waals surface area contributed by atoms with Crippen molar-refractivity contribution in [2.75, 3.05) is 11.9 Å². The molecule has 5 aromatic rings. The minimum atomic E-state index is -0.427. The van der Waals surface area contributed by atoms with Crippen LogP contribution in [0.15, 0.2) is 101 Å². The molecule has 0 radical (unpaired) electrons. The average Bonchev–Trinajstić information content (AvgIpc) is 3.35. The van der Waals surface area contributed by atoms with Crippen LogP contribution in [-0.2, 0) is 4.74 Å². The van der Waals surface area contributed by atoms with Crippen molar-refractivity contribution < 1.29 is 14.3 Å². The quantitative estimate of drug-likeness (QED) is 0.221. The van der Waals surface area contributed by atoms with Crippen molar-refractivity contribution >= 4 is 52.4 Å². The highest BCUT2D eigenvalue weighted by molar-refractivity contribution is 7.99. The van der Waals surface area contributed by atoms with Crippen LogP contribution in [-0.4, -0.2) is 33.7 Å². The Balaban J connectivity index is 1.33. The fourth-order valence-electron chi connectivity index (χ4n) is 3.86. The van der Waals surface area contributed by atoms with Gasteiger partial charge in [0, 0.05) is 27.1 Å². The van der Waals surface area contributed by atoms with E-state index in [0.29, 0.717) is 16.8 Å². The number of rotatable bonds is 8. The number of hydrogen-bond donors (Lipinski definition) is 2. The van der Waals surface area contributed by atoms with Crippen LogP contribution in [0.3, 0.4) is 0 Å². The number of anilines is 1. The van der Waals surface area contributed by atoms with Crippen LogP contribution in [0.25, 0.3) is 23.1 Å². The maximum Gasteiger partial charge on any atom is 0.338 e. The first kappa shape index (κ1) is 25.0. The molecule has 0 aliphatic carbocycles. The van der Waals surface area contributed by atoms with Gasteiger partial charge in [-0.15, -0.1) is 0 Å². The SMILES string of the molecule is CCOC(=O)c1cccc(NC(=O)c2ccccc2Sc2ccc3c(/C=C/c4ccccn4)n[nH]c3c2)c1. The summed E-state index contributed by atoms with van der Waals surface area (Å²) in [7, 11) is 0. The third-order valence-electron chi connectivity index (χ3n) is 5.65. The number of ether oxygens (including phenoxy) is 1. The molecule has 2 N–H and O–H groups in total. The minimum Gasteiger partial charge on any atom is -0.462 e. The highest BCUT2D eigenvalue weighted by Gasteiger charge is 2.15. The highest BCUT2D eigenvalue weighted by atomic mass is 32.2. The van der Waals surface area contributed by atoms with E-state index in [4.69, 9.17) is 4.74 Å². The molecular weight excluding hydrogens is 496 g/mol. The standard InChI is InChI=1S/C30H24N4O3S/c1-2-37-30(36)20-8-7-10-22(18-20)32-29(35)25-11-3-4-12-28(25)38-23-14-15-24-26(33-34-27(24)19-23)16-13-21-9-5-6-17-31-21/h3-19H,2H2,1H3,(H,32,35)(H,33,34)/b16-13+. The number of nitrogens with one attached hydrogen (secondary N) is 2. The largest absolute Gasteiger partial charge is 0.462 e. The van der Waals surface area contributed by atoms with Gasteiger partial charge in [-0.3, -0.25) is 14.9 Å². The van der Waals surface area contributed by atoms with Gasteiger partial charge < -0.3 is 10.1 Å². The molecule has 0 unspecified atom stereocenters. The third kappa shape index (κ3) is 5.82. The Morgan fingerprint density at radius 1 is 0.974 bits per heavy atom. The molecule has 38 heavy (non-hydrogen) atoms. The second kappa shape index (κ2) is 11.6. The summed E-state index contributed by atoms with van der Waals surface area (Å²) >= 11 is 1.49. The summed E-state index contributed by atoms with van der Waals surface area (Å²) in [6.07, 6.45) is 5.62. The van der Waals surface area contributed by atoms with Crippen LogP contribution in [0.5, 0.6) is 0 Å². The number of amides is 1. The Morgan fingerprint density at radius 2 is 1.84 bits per heavy atom. The molecule has 5 rings (SSSR count). The number of carbonyl (C=O) groups is 2. The number of benzene rings is 3. The van der Waals surface area contributed by atoms with Crippen molar-refractivity contribution in [1.29, 1.82) is 0 Å². The Hall–Kier alpha value is -4.69. The van der Waals surface area contributed by atoms with Crippen LogP contribution >= 0.6 is 11.8 Å². The van der Waals surface area contributed by atoms with Gasteiger partial charge in [0.2, 0.25) is 0 Å². The zero-order valence-corrected chi connectivity index (χ0v) is 21.4. The Labute approximate surface area is 224 Å². The molecule has 0 spiro atoms. The van der Waals surface area contributed by atoms with Gasteiger partial charge in [-0.25, -0.2) is 4.79 Å². The van der Waals surface area contributed by atoms with Crippen molar-refractivity contribution in [1.82, 2.24) is 15.2 Å². The van der Waals surface area contributed by atoms with E-state index in [0.717, 1.165) is 32.1 Å². The van der Waals surface area contributed by atoms with E-state index in [1.807, 2.05) is 66.7 Å². The monoisotopic (exact) mass is 520 g/mol. The topological polar surface area (TPSA) is 97.0 Å². The Bertz CT molecular complexity index is 1630. The van der Waals surface area contributed by atoms with Crippen molar-refractivity contribution in [3.05, 3.63) is 114 Å². The number of nitrogens with zero attached hydrogens (tertiary/aromatic N) is 2. The lowest BCUT2D eigenvalue weighted by Gasteiger charge is -2.11. The molecule has 0 saturated heterocycles. The summed E-state index contributed by atoms with van der Waals surface area (Å²) in [6.45, 7) is 2.04. The Morgan fingerprint density at radius 3 is 2.68 bits per heavy atom. The Kier molecular flexibility index (Phi) is 7.61. The normalized spacial score (nSPS) is 11.1. The molecule has 7 nitrogen and oxygen atoms in total. The smallest absolute Gasteiger partial charge is 0.338 e. The number of pyridine rings is 1. The highest BCUT2D eigenvalue weighted by Crippen LogP contribution is 2.33. The van der Waals surface area contributed by atoms with Crippen molar-refractivity contribution in [2.24, 2.45) is 0 Å². The fraction of sp³-hybridized carbons (Fsp3) is 0.0667. The van der Waals surface area contributed by atoms with Crippen molar-refractivity contribution in [3.63, 3.8) is 0 Å². The summed E-state index contributed by atoms with van der Waals surface area (Å²) in [5.41, 5.74) is 4.02. The molecule has 0 saturated carbocycles. The van der Waals surface area contributed by atoms with E-state index >= 15 is 0 Å². The molecule has 0 atom stereocenters. The lowest BCUT2D eigenvalue weighted by Crippen LogP contribution is -2.13. The number of carbonyl (C=O) groups excluding carboxylic acids is 2. The predicted octanol–water partition coefficient (Wildman–Crippen LogP) is 6.71. The molecule has 0 bridgehead atoms. The molecular formula is C30H24N4O3S. The molecule has 8 heteroatoms. The maximum absolute atomic E-state index is 13.2. The second-order valence-corrected chi connectivity index (χ2v) is 9.37. The summed E-state index contributed by atoms with van der Waals surface area (Å²) < 4.78 is 5.06. The summed E-state index contributed by atoms with van der Waals surface area (Å²) in [5.74, 6) is -0.692. The molecule has 3 aromatic carbocycles. The number of aromatic nitrogens is 3. The van der Waals surface area contributed by atoms with Gasteiger partial charge in [0.05, 0.1) is 34.6 Å². The van der Waals surface area contributed by atoms with E-state index in [2.05, 4.69) is 20.5 Å². The molecule has 2 aromatic heterocycles. The van der Waals surface area contributed by atoms with E-state index in [1.165, 1.54) is 11.8 Å². The van der Waals surface area contributed by atoms with Crippen LogP contribution in [0.4, 0.5) is 5.69 Å². The van der Waals surface area contributed by atoms with Gasteiger partial charge in [0.15, 0.2) is 0 Å². The van der Waals surface area contributed by atoms with E-state index in [-0.39, 0.29) is 12.5 Å². The van der Waals surface area contributed by atoms with Gasteiger partial charge >= 0.3 is 5.97 Å². The van der Waals surface area contributed by atoms with Crippen LogP contribution < -0.4 is 5.32 Å². The minimum absolute atomic E-state index is 0.265. The molecule has 0 aliphatic rings. The lowest BCUT2D eigenvalue weighted by molar-refractivity contribution is 0.0526. The van der Waals surface area contributed by atoms with Gasteiger partial charge in [-0.1, -0.05) is 36.0 Å². The molecule has 0 fully saturated rings. The van der Waals surface area contributed by atoms with Crippen molar-refractivity contribution in [3.8, 4) is 0 Å². The third-order valence-corrected chi connectivity index (χ3v) is 6.72. The van der Waals surface area contributed by atoms with Crippen LogP contribution in [0, 0.1) is 0 Å². The van der Waals surface area contributed by atoms with Crippen molar-refractivity contribution in [2.45, 2.75) is 16.7 Å². The maximum atomic E-state index is 13.2. The van der Waals surface area contributed by atoms with Gasteiger partial charge in [0.25, 0.3) is 5.91 Å². The summed E-state index contributed by atoms with van der Waals surface area (Å²) in [5, 5.41) is 11.4. The number of esters is 1. The van der Waals surface area contributed by atoms with Crippen LogP contribution in [0.1, 0.15) is 39.0 Å². The number of fused-ring (bicyclic) bond motifs is 1. The molecule has 0 aliphatic heterocycles. The second-order valence-electron chi connectivity index (χ2n) is 8.26. The first-order valence-corrected chi connectivity index (χ1v) is 12.8. The first-order valence-electron chi connectivity index (χ1n) is 12.0. The molecule has 1 amide bonds. The predicted molar refractivity (Wildman–Crippen MR) is 150 cm³/mol. The van der Waals surface area contributed by atoms with Gasteiger partial charge in [-0.05, 0) is 79.7 Å². The van der Waals surface area contributed by atoms with Crippen LogP contribution in [0.2, 0.25) is 0 Å². The summed E-state index contributed by atoms with van der Waals surface area (Å²) in [6, 6.07) is 25.9. The van der Waals surface area contributed by atoms with E-state index < -0.39 is 5.97 Å². The zero-order valence-electron chi connectivity index (χ0n) is 20.5. The van der Waals surface area contributed by atoms with E-state index in [1.54, 1.807) is 43.5 Å². The van der Waals surface area contributed by atoms with E-state index in [9.17, 15) is 9.59 Å². The number of hydrogen-bond acceptors (Lipinski definition) is 6.